The molecule has 0 saturated heterocycles. The van der Waals surface area contributed by atoms with Gasteiger partial charge in [0.1, 0.15) is 0 Å². The first kappa shape index (κ1) is 14.4. The first-order valence-electron chi connectivity index (χ1n) is 5.03. The number of benzene rings is 2. The molecule has 1 N–H and O–H groups in total. The summed E-state index contributed by atoms with van der Waals surface area (Å²) in [5, 5.41) is 1.67. The molecule has 0 aliphatic heterocycles. The Kier molecular flexibility index (Phi) is 4.76. The molecule has 0 heterocycles. The number of hydrogen-bond acceptors (Lipinski definition) is 2. The van der Waals surface area contributed by atoms with Gasteiger partial charge in [-0.3, -0.25) is 0 Å². The molecule has 0 amide bonds. The summed E-state index contributed by atoms with van der Waals surface area (Å²) in [5.41, 5.74) is -2.80. The SMILES string of the molecule is OP(=S)(Sc1ccccc1Cl)c1ccccc1Cl. The highest BCUT2D eigenvalue weighted by molar-refractivity contribution is 8.71. The standard InChI is InChI=1S/C12H9Cl2OPS2/c13-9-5-1-3-7-11(9)16(15,17)18-12-8-4-2-6-10(12)14/h1-8H,(H,15,17). The Morgan fingerprint density at radius 3 is 2.11 bits per heavy atom. The number of rotatable bonds is 3. The van der Waals surface area contributed by atoms with Gasteiger partial charge in [0.15, 0.2) is 5.47 Å². The fourth-order valence-electron chi connectivity index (χ4n) is 1.38. The number of halogens is 2. The van der Waals surface area contributed by atoms with Gasteiger partial charge in [0, 0.05) is 10.2 Å². The minimum absolute atomic E-state index is 0.489. The molecule has 0 saturated carbocycles. The highest BCUT2D eigenvalue weighted by Crippen LogP contribution is 2.59. The molecule has 0 aliphatic carbocycles. The van der Waals surface area contributed by atoms with Gasteiger partial charge >= 0.3 is 0 Å². The van der Waals surface area contributed by atoms with E-state index in [0.29, 0.717) is 15.3 Å². The first-order chi connectivity index (χ1) is 8.50. The lowest BCUT2D eigenvalue weighted by atomic mass is 10.4. The average molecular weight is 335 g/mol. The molecule has 0 aromatic heterocycles. The first-order valence-corrected chi connectivity index (χ1v) is 9.96. The molecule has 0 aliphatic rings. The van der Waals surface area contributed by atoms with Crippen LogP contribution in [0.15, 0.2) is 53.4 Å². The van der Waals surface area contributed by atoms with Crippen molar-refractivity contribution in [2.24, 2.45) is 0 Å². The van der Waals surface area contributed by atoms with Crippen molar-refractivity contribution in [1.82, 2.24) is 0 Å². The van der Waals surface area contributed by atoms with Crippen molar-refractivity contribution in [1.29, 1.82) is 0 Å². The van der Waals surface area contributed by atoms with Crippen molar-refractivity contribution >= 4 is 57.2 Å². The van der Waals surface area contributed by atoms with Crippen molar-refractivity contribution in [3.63, 3.8) is 0 Å². The van der Waals surface area contributed by atoms with Crippen LogP contribution in [0, 0.1) is 0 Å². The van der Waals surface area contributed by atoms with Gasteiger partial charge in [-0.2, -0.15) is 0 Å². The molecule has 18 heavy (non-hydrogen) atoms. The monoisotopic (exact) mass is 334 g/mol. The van der Waals surface area contributed by atoms with Crippen LogP contribution in [0.3, 0.4) is 0 Å². The van der Waals surface area contributed by atoms with Crippen molar-refractivity contribution in [3.05, 3.63) is 58.6 Å². The van der Waals surface area contributed by atoms with Crippen LogP contribution in [0.1, 0.15) is 0 Å². The van der Waals surface area contributed by atoms with E-state index in [1.807, 2.05) is 24.3 Å². The molecule has 0 fully saturated rings. The second-order valence-corrected chi connectivity index (χ2v) is 10.9. The topological polar surface area (TPSA) is 20.2 Å². The largest absolute Gasteiger partial charge is 0.354 e. The molecule has 1 unspecified atom stereocenters. The van der Waals surface area contributed by atoms with E-state index >= 15 is 0 Å². The summed E-state index contributed by atoms with van der Waals surface area (Å²) in [6.07, 6.45) is 0. The second kappa shape index (κ2) is 5.96. The summed E-state index contributed by atoms with van der Waals surface area (Å²) in [5.74, 6) is 0. The van der Waals surface area contributed by atoms with Gasteiger partial charge in [0.05, 0.1) is 10.0 Å². The zero-order valence-electron chi connectivity index (χ0n) is 9.09. The van der Waals surface area contributed by atoms with Crippen LogP contribution in [0.4, 0.5) is 0 Å². The quantitative estimate of drug-likeness (QED) is 0.820. The van der Waals surface area contributed by atoms with E-state index in [0.717, 1.165) is 4.90 Å². The molecular formula is C12H9Cl2OPS2. The molecule has 6 heteroatoms. The van der Waals surface area contributed by atoms with Crippen molar-refractivity contribution in [2.45, 2.75) is 4.90 Å². The van der Waals surface area contributed by atoms with Crippen LogP contribution in [0.5, 0.6) is 0 Å². The van der Waals surface area contributed by atoms with E-state index in [-0.39, 0.29) is 0 Å². The van der Waals surface area contributed by atoms with Gasteiger partial charge in [0.25, 0.3) is 0 Å². The van der Waals surface area contributed by atoms with Gasteiger partial charge in [-0.25, -0.2) is 0 Å². The normalized spacial score (nSPS) is 14.2. The van der Waals surface area contributed by atoms with Gasteiger partial charge < -0.3 is 4.89 Å². The third kappa shape index (κ3) is 3.30. The molecular weight excluding hydrogens is 326 g/mol. The maximum Gasteiger partial charge on any atom is 0.152 e. The predicted octanol–water partition coefficient (Wildman–Crippen LogP) is 4.71. The fourth-order valence-corrected chi connectivity index (χ4v) is 7.13. The molecule has 2 rings (SSSR count). The van der Waals surface area contributed by atoms with Crippen LogP contribution < -0.4 is 5.30 Å². The molecule has 0 radical (unpaired) electrons. The van der Waals surface area contributed by atoms with Crippen LogP contribution in [-0.2, 0) is 11.8 Å². The fraction of sp³-hybridized carbons (Fsp3) is 0. The molecule has 94 valence electrons. The van der Waals surface area contributed by atoms with E-state index in [4.69, 9.17) is 35.0 Å². The Labute approximate surface area is 125 Å². The van der Waals surface area contributed by atoms with E-state index < -0.39 is 5.47 Å². The van der Waals surface area contributed by atoms with E-state index in [9.17, 15) is 4.89 Å². The summed E-state index contributed by atoms with van der Waals surface area (Å²) >= 11 is 18.7. The smallest absolute Gasteiger partial charge is 0.152 e. The summed E-state index contributed by atoms with van der Waals surface area (Å²) < 4.78 is 0. The summed E-state index contributed by atoms with van der Waals surface area (Å²) in [4.78, 5) is 11.3. The van der Waals surface area contributed by atoms with E-state index in [1.54, 1.807) is 24.3 Å². The Bertz CT molecular complexity index is 619. The Hall–Kier alpha value is -0.0200. The Balaban J connectivity index is 2.37. The van der Waals surface area contributed by atoms with Crippen molar-refractivity contribution in [3.8, 4) is 0 Å². The van der Waals surface area contributed by atoms with Crippen LogP contribution in [-0.4, -0.2) is 4.89 Å². The van der Waals surface area contributed by atoms with E-state index in [1.165, 1.54) is 11.4 Å². The minimum Gasteiger partial charge on any atom is -0.354 e. The highest BCUT2D eigenvalue weighted by Gasteiger charge is 2.21. The van der Waals surface area contributed by atoms with Gasteiger partial charge in [-0.05, 0) is 24.3 Å². The van der Waals surface area contributed by atoms with Crippen LogP contribution >= 0.6 is 40.1 Å². The Morgan fingerprint density at radius 1 is 0.944 bits per heavy atom. The summed E-state index contributed by atoms with van der Waals surface area (Å²) in [6.45, 7) is 0. The predicted molar refractivity (Wildman–Crippen MR) is 84.9 cm³/mol. The highest BCUT2D eigenvalue weighted by atomic mass is 35.5. The van der Waals surface area contributed by atoms with Crippen LogP contribution in [0.2, 0.25) is 10.0 Å². The van der Waals surface area contributed by atoms with Gasteiger partial charge in [-0.15, -0.1) is 0 Å². The maximum absolute atomic E-state index is 10.5. The minimum atomic E-state index is -2.80. The van der Waals surface area contributed by atoms with Crippen molar-refractivity contribution < 1.29 is 4.89 Å². The summed E-state index contributed by atoms with van der Waals surface area (Å²) in [7, 11) is 0. The lowest BCUT2D eigenvalue weighted by Crippen LogP contribution is -2.02. The van der Waals surface area contributed by atoms with Gasteiger partial charge in [-0.1, -0.05) is 70.7 Å². The lowest BCUT2D eigenvalue weighted by molar-refractivity contribution is 0.648. The third-order valence-electron chi connectivity index (χ3n) is 2.22. The number of hydrogen-bond donors (Lipinski definition) is 1. The zero-order valence-corrected chi connectivity index (χ0v) is 13.1. The van der Waals surface area contributed by atoms with Crippen LogP contribution in [0.25, 0.3) is 0 Å². The maximum atomic E-state index is 10.5. The molecule has 0 bridgehead atoms. The molecule has 1 nitrogen and oxygen atoms in total. The average Bonchev–Trinajstić information content (AvgIpc) is 2.32. The third-order valence-corrected chi connectivity index (χ3v) is 8.10. The molecule has 2 aromatic carbocycles. The molecule has 2 aromatic rings. The van der Waals surface area contributed by atoms with E-state index in [2.05, 4.69) is 0 Å². The Morgan fingerprint density at radius 2 is 1.50 bits per heavy atom. The summed E-state index contributed by atoms with van der Waals surface area (Å²) in [6, 6.07) is 14.4. The second-order valence-electron chi connectivity index (χ2n) is 3.49. The zero-order chi connectivity index (χ0) is 13.2. The van der Waals surface area contributed by atoms with Crippen molar-refractivity contribution in [2.75, 3.05) is 0 Å². The van der Waals surface area contributed by atoms with Gasteiger partial charge in [0.2, 0.25) is 0 Å². The lowest BCUT2D eigenvalue weighted by Gasteiger charge is -2.16. The molecule has 1 atom stereocenters. The molecule has 0 spiro atoms.